The Bertz CT molecular complexity index is 824. The van der Waals surface area contributed by atoms with Crippen molar-refractivity contribution in [3.8, 4) is 0 Å². The minimum atomic E-state index is -0.234. The zero-order chi connectivity index (χ0) is 15.7. The SMILES string of the molecule is CC[C@@H]1CCCN(C(=O)c2ccc3c(=O)[nH]c(=S)[nH]c3c2)C1. The van der Waals surface area contributed by atoms with Crippen molar-refractivity contribution in [2.45, 2.75) is 26.2 Å². The lowest BCUT2D eigenvalue weighted by Crippen LogP contribution is -2.39. The number of piperidine rings is 1. The van der Waals surface area contributed by atoms with Crippen LogP contribution < -0.4 is 5.56 Å². The summed E-state index contributed by atoms with van der Waals surface area (Å²) in [6.07, 6.45) is 3.35. The van der Waals surface area contributed by atoms with Crippen LogP contribution in [0.5, 0.6) is 0 Å². The number of carbonyl (C=O) groups is 1. The Morgan fingerprint density at radius 2 is 2.23 bits per heavy atom. The van der Waals surface area contributed by atoms with E-state index in [1.807, 2.05) is 4.90 Å². The number of benzene rings is 1. The highest BCUT2D eigenvalue weighted by Gasteiger charge is 2.23. The second kappa shape index (κ2) is 6.04. The van der Waals surface area contributed by atoms with Gasteiger partial charge in [-0.15, -0.1) is 0 Å². The number of likely N-dealkylation sites (tertiary alicyclic amines) is 1. The molecule has 1 aliphatic rings. The fourth-order valence-electron chi connectivity index (χ4n) is 3.07. The van der Waals surface area contributed by atoms with Gasteiger partial charge in [0, 0.05) is 18.7 Å². The zero-order valence-corrected chi connectivity index (χ0v) is 13.3. The molecule has 0 radical (unpaired) electrons. The lowest BCUT2D eigenvalue weighted by atomic mass is 9.95. The van der Waals surface area contributed by atoms with Gasteiger partial charge in [-0.3, -0.25) is 14.6 Å². The number of fused-ring (bicyclic) bond motifs is 1. The summed E-state index contributed by atoms with van der Waals surface area (Å²) in [5, 5.41) is 0.509. The van der Waals surface area contributed by atoms with Crippen LogP contribution >= 0.6 is 12.2 Å². The van der Waals surface area contributed by atoms with Gasteiger partial charge in [-0.05, 0) is 49.2 Å². The largest absolute Gasteiger partial charge is 0.338 e. The maximum atomic E-state index is 12.7. The molecule has 1 atom stereocenters. The van der Waals surface area contributed by atoms with Gasteiger partial charge in [-0.25, -0.2) is 0 Å². The Hall–Kier alpha value is -1.95. The van der Waals surface area contributed by atoms with Crippen molar-refractivity contribution in [1.82, 2.24) is 14.9 Å². The molecule has 0 unspecified atom stereocenters. The van der Waals surface area contributed by atoms with E-state index in [1.165, 1.54) is 6.42 Å². The predicted molar refractivity (Wildman–Crippen MR) is 88.7 cm³/mol. The standard InChI is InChI=1S/C16H19N3O2S/c1-2-10-4-3-7-19(9-10)15(21)11-5-6-12-13(8-11)17-16(22)18-14(12)20/h5-6,8,10H,2-4,7,9H2,1H3,(H2,17,18,20,22)/t10-/m1/s1. The fraction of sp³-hybridized carbons (Fsp3) is 0.438. The van der Waals surface area contributed by atoms with Gasteiger partial charge in [0.25, 0.3) is 11.5 Å². The van der Waals surface area contributed by atoms with Crippen LogP contribution in [-0.4, -0.2) is 33.9 Å². The number of aromatic nitrogens is 2. The summed E-state index contributed by atoms with van der Waals surface area (Å²) in [7, 11) is 0. The van der Waals surface area contributed by atoms with Gasteiger partial charge in [0.05, 0.1) is 10.9 Å². The molecule has 1 amide bonds. The highest BCUT2D eigenvalue weighted by atomic mass is 32.1. The summed E-state index contributed by atoms with van der Waals surface area (Å²) >= 11 is 4.99. The van der Waals surface area contributed by atoms with E-state index in [1.54, 1.807) is 18.2 Å². The maximum absolute atomic E-state index is 12.7. The smallest absolute Gasteiger partial charge is 0.259 e. The Labute approximate surface area is 133 Å². The monoisotopic (exact) mass is 317 g/mol. The normalized spacial score (nSPS) is 18.6. The lowest BCUT2D eigenvalue weighted by Gasteiger charge is -2.32. The molecule has 0 saturated carbocycles. The van der Waals surface area contributed by atoms with E-state index in [2.05, 4.69) is 16.9 Å². The third-order valence-corrected chi connectivity index (χ3v) is 4.57. The van der Waals surface area contributed by atoms with Gasteiger partial charge in [-0.1, -0.05) is 13.3 Å². The molecule has 0 aliphatic carbocycles. The van der Waals surface area contributed by atoms with E-state index in [9.17, 15) is 9.59 Å². The average molecular weight is 317 g/mol. The summed E-state index contributed by atoms with van der Waals surface area (Å²) in [5.41, 5.74) is 0.964. The van der Waals surface area contributed by atoms with E-state index in [0.29, 0.717) is 22.4 Å². The lowest BCUT2D eigenvalue weighted by molar-refractivity contribution is 0.0671. The molecule has 1 aromatic carbocycles. The first-order chi connectivity index (χ1) is 10.6. The number of hydrogen-bond acceptors (Lipinski definition) is 3. The van der Waals surface area contributed by atoms with Crippen LogP contribution in [0.4, 0.5) is 0 Å². The number of carbonyl (C=O) groups excluding carboxylic acids is 1. The second-order valence-electron chi connectivity index (χ2n) is 5.84. The first-order valence-corrected chi connectivity index (χ1v) is 8.05. The van der Waals surface area contributed by atoms with Gasteiger partial charge in [0.1, 0.15) is 0 Å². The third kappa shape index (κ3) is 2.83. The third-order valence-electron chi connectivity index (χ3n) is 4.37. The molecule has 0 bridgehead atoms. The van der Waals surface area contributed by atoms with Crippen LogP contribution in [0.15, 0.2) is 23.0 Å². The molecule has 1 aromatic heterocycles. The molecule has 2 heterocycles. The average Bonchev–Trinajstić information content (AvgIpc) is 2.53. The summed E-state index contributed by atoms with van der Waals surface area (Å²) in [6, 6.07) is 5.11. The van der Waals surface area contributed by atoms with E-state index in [0.717, 1.165) is 25.9 Å². The summed E-state index contributed by atoms with van der Waals surface area (Å²) < 4.78 is 0.270. The van der Waals surface area contributed by atoms with E-state index in [-0.39, 0.29) is 16.2 Å². The molecule has 6 heteroatoms. The van der Waals surface area contributed by atoms with Gasteiger partial charge in [-0.2, -0.15) is 0 Å². The molecule has 2 aromatic rings. The second-order valence-corrected chi connectivity index (χ2v) is 6.24. The molecule has 22 heavy (non-hydrogen) atoms. The van der Waals surface area contributed by atoms with Crippen molar-refractivity contribution in [2.24, 2.45) is 5.92 Å². The van der Waals surface area contributed by atoms with Crippen LogP contribution in [0.2, 0.25) is 0 Å². The van der Waals surface area contributed by atoms with Crippen LogP contribution in [0.1, 0.15) is 36.5 Å². The van der Waals surface area contributed by atoms with Crippen molar-refractivity contribution in [1.29, 1.82) is 0 Å². The molecule has 5 nitrogen and oxygen atoms in total. The molecule has 0 spiro atoms. The topological polar surface area (TPSA) is 69.0 Å². The Balaban J connectivity index is 1.94. The Morgan fingerprint density at radius 3 is 3.00 bits per heavy atom. The van der Waals surface area contributed by atoms with Gasteiger partial charge in [0.15, 0.2) is 4.77 Å². The van der Waals surface area contributed by atoms with Crippen LogP contribution in [0.25, 0.3) is 10.9 Å². The predicted octanol–water partition coefficient (Wildman–Crippen LogP) is 2.85. The van der Waals surface area contributed by atoms with Gasteiger partial charge >= 0.3 is 0 Å². The summed E-state index contributed by atoms with van der Waals surface area (Å²) in [6.45, 7) is 3.79. The summed E-state index contributed by atoms with van der Waals surface area (Å²) in [5.74, 6) is 0.617. The molecule has 1 saturated heterocycles. The van der Waals surface area contributed by atoms with Crippen molar-refractivity contribution in [3.63, 3.8) is 0 Å². The maximum Gasteiger partial charge on any atom is 0.259 e. The number of amides is 1. The van der Waals surface area contributed by atoms with Crippen LogP contribution in [-0.2, 0) is 0 Å². The molecular weight excluding hydrogens is 298 g/mol. The van der Waals surface area contributed by atoms with Crippen molar-refractivity contribution in [2.75, 3.05) is 13.1 Å². The number of nitrogens with one attached hydrogen (secondary N) is 2. The van der Waals surface area contributed by atoms with Crippen molar-refractivity contribution >= 4 is 29.0 Å². The fourth-order valence-corrected chi connectivity index (χ4v) is 3.27. The number of H-pyrrole nitrogens is 2. The molecule has 1 aliphatic heterocycles. The zero-order valence-electron chi connectivity index (χ0n) is 12.5. The first kappa shape index (κ1) is 15.0. The number of nitrogens with zero attached hydrogens (tertiary/aromatic N) is 1. The van der Waals surface area contributed by atoms with Crippen molar-refractivity contribution in [3.05, 3.63) is 38.9 Å². The highest BCUT2D eigenvalue weighted by Crippen LogP contribution is 2.21. The van der Waals surface area contributed by atoms with E-state index in [4.69, 9.17) is 12.2 Å². The Morgan fingerprint density at radius 1 is 1.41 bits per heavy atom. The summed E-state index contributed by atoms with van der Waals surface area (Å²) in [4.78, 5) is 31.9. The molecule has 1 fully saturated rings. The van der Waals surface area contributed by atoms with Gasteiger partial charge < -0.3 is 9.88 Å². The minimum absolute atomic E-state index is 0.0275. The quantitative estimate of drug-likeness (QED) is 0.837. The Kier molecular flexibility index (Phi) is 4.11. The first-order valence-electron chi connectivity index (χ1n) is 7.64. The molecule has 2 N–H and O–H groups in total. The number of aromatic amines is 2. The van der Waals surface area contributed by atoms with Crippen LogP contribution in [0.3, 0.4) is 0 Å². The number of rotatable bonds is 2. The molecule has 116 valence electrons. The molecule has 3 rings (SSSR count). The number of hydrogen-bond donors (Lipinski definition) is 2. The minimum Gasteiger partial charge on any atom is -0.338 e. The van der Waals surface area contributed by atoms with Crippen molar-refractivity contribution < 1.29 is 4.79 Å². The van der Waals surface area contributed by atoms with E-state index < -0.39 is 0 Å². The van der Waals surface area contributed by atoms with Gasteiger partial charge in [0.2, 0.25) is 0 Å². The van der Waals surface area contributed by atoms with Crippen LogP contribution in [0, 0.1) is 10.7 Å². The molecular formula is C16H19N3O2S. The highest BCUT2D eigenvalue weighted by molar-refractivity contribution is 7.71. The van der Waals surface area contributed by atoms with E-state index >= 15 is 0 Å².